The Hall–Kier alpha value is -1.40. The van der Waals surface area contributed by atoms with Gasteiger partial charge < -0.3 is 19.3 Å². The van der Waals surface area contributed by atoms with Crippen molar-refractivity contribution in [1.29, 1.82) is 0 Å². The molecular formula is C12H18N2O4. The number of aliphatic hydroxyl groups excluding tert-OH is 1. The lowest BCUT2D eigenvalue weighted by atomic mass is 10.1. The molecule has 6 heteroatoms. The Balaban J connectivity index is 2.22. The molecule has 2 heterocycles. The first-order chi connectivity index (χ1) is 8.54. The van der Waals surface area contributed by atoms with Crippen molar-refractivity contribution in [3.63, 3.8) is 0 Å². The maximum absolute atomic E-state index is 12.5. The molecule has 1 aliphatic rings. The second-order valence-corrected chi connectivity index (χ2v) is 4.64. The molecule has 1 saturated heterocycles. The Morgan fingerprint density at radius 2 is 2.28 bits per heavy atom. The van der Waals surface area contributed by atoms with E-state index in [-0.39, 0.29) is 24.7 Å². The van der Waals surface area contributed by atoms with Gasteiger partial charge in [-0.2, -0.15) is 0 Å². The second kappa shape index (κ2) is 5.07. The van der Waals surface area contributed by atoms with E-state index in [0.29, 0.717) is 30.2 Å². The molecule has 1 aromatic heterocycles. The van der Waals surface area contributed by atoms with Gasteiger partial charge in [-0.3, -0.25) is 4.79 Å². The molecule has 1 aliphatic heterocycles. The van der Waals surface area contributed by atoms with E-state index in [9.17, 15) is 4.79 Å². The molecular weight excluding hydrogens is 236 g/mol. The standard InChI is InChI=1S/C12H18N2O4/c1-7-6-17-10(5-15)4-14(7)12(16)11-8(2)13-18-9(11)3/h7,10,15H,4-6H2,1-3H3. The first-order valence-corrected chi connectivity index (χ1v) is 6.01. The number of hydrogen-bond acceptors (Lipinski definition) is 5. The number of nitrogens with zero attached hydrogens (tertiary/aromatic N) is 2. The number of aromatic nitrogens is 1. The Kier molecular flexibility index (Phi) is 3.68. The number of ether oxygens (including phenoxy) is 1. The van der Waals surface area contributed by atoms with Crippen LogP contribution in [-0.4, -0.2) is 53.0 Å². The summed E-state index contributed by atoms with van der Waals surface area (Å²) in [6, 6.07) is -0.0194. The van der Waals surface area contributed by atoms with Gasteiger partial charge in [0.1, 0.15) is 11.3 Å². The van der Waals surface area contributed by atoms with Crippen molar-refractivity contribution in [2.75, 3.05) is 19.8 Å². The maximum atomic E-state index is 12.5. The van der Waals surface area contributed by atoms with Crippen LogP contribution in [0.1, 0.15) is 28.7 Å². The zero-order chi connectivity index (χ0) is 13.3. The molecule has 18 heavy (non-hydrogen) atoms. The van der Waals surface area contributed by atoms with E-state index in [1.165, 1.54) is 0 Å². The largest absolute Gasteiger partial charge is 0.394 e. The van der Waals surface area contributed by atoms with E-state index in [0.717, 1.165) is 0 Å². The van der Waals surface area contributed by atoms with Gasteiger partial charge in [-0.25, -0.2) is 0 Å². The molecule has 0 saturated carbocycles. The number of carbonyl (C=O) groups excluding carboxylic acids is 1. The van der Waals surface area contributed by atoms with E-state index in [4.69, 9.17) is 14.4 Å². The monoisotopic (exact) mass is 254 g/mol. The van der Waals surface area contributed by atoms with Gasteiger partial charge in [0, 0.05) is 6.54 Å². The van der Waals surface area contributed by atoms with Gasteiger partial charge in [0.25, 0.3) is 5.91 Å². The van der Waals surface area contributed by atoms with Crippen molar-refractivity contribution in [1.82, 2.24) is 10.1 Å². The molecule has 1 aromatic rings. The molecule has 1 fully saturated rings. The van der Waals surface area contributed by atoms with Crippen molar-refractivity contribution in [3.05, 3.63) is 17.0 Å². The highest BCUT2D eigenvalue weighted by Crippen LogP contribution is 2.19. The van der Waals surface area contributed by atoms with Crippen LogP contribution in [0.5, 0.6) is 0 Å². The van der Waals surface area contributed by atoms with Crippen LogP contribution in [0.3, 0.4) is 0 Å². The van der Waals surface area contributed by atoms with E-state index < -0.39 is 0 Å². The highest BCUT2D eigenvalue weighted by molar-refractivity contribution is 5.96. The number of amides is 1. The van der Waals surface area contributed by atoms with Crippen molar-refractivity contribution in [2.24, 2.45) is 0 Å². The lowest BCUT2D eigenvalue weighted by Gasteiger charge is -2.37. The summed E-state index contributed by atoms with van der Waals surface area (Å²) in [7, 11) is 0. The molecule has 6 nitrogen and oxygen atoms in total. The Labute approximate surface area is 106 Å². The Morgan fingerprint density at radius 1 is 1.56 bits per heavy atom. The molecule has 0 aliphatic carbocycles. The predicted molar refractivity (Wildman–Crippen MR) is 63.3 cm³/mol. The normalized spacial score (nSPS) is 24.3. The quantitative estimate of drug-likeness (QED) is 0.832. The highest BCUT2D eigenvalue weighted by Gasteiger charge is 2.32. The van der Waals surface area contributed by atoms with E-state index >= 15 is 0 Å². The number of carbonyl (C=O) groups is 1. The number of rotatable bonds is 2. The van der Waals surface area contributed by atoms with Crippen molar-refractivity contribution >= 4 is 5.91 Å². The fourth-order valence-corrected chi connectivity index (χ4v) is 2.14. The van der Waals surface area contributed by atoms with E-state index in [2.05, 4.69) is 5.16 Å². The first kappa shape index (κ1) is 13.0. The number of hydrogen-bond donors (Lipinski definition) is 1. The summed E-state index contributed by atoms with van der Waals surface area (Å²) in [5, 5.41) is 12.9. The van der Waals surface area contributed by atoms with Gasteiger partial charge >= 0.3 is 0 Å². The molecule has 0 aromatic carbocycles. The van der Waals surface area contributed by atoms with Gasteiger partial charge in [-0.15, -0.1) is 0 Å². The lowest BCUT2D eigenvalue weighted by Crippen LogP contribution is -2.52. The third-order valence-corrected chi connectivity index (χ3v) is 3.22. The van der Waals surface area contributed by atoms with Crippen LogP contribution >= 0.6 is 0 Å². The topological polar surface area (TPSA) is 75.8 Å². The first-order valence-electron chi connectivity index (χ1n) is 6.01. The summed E-state index contributed by atoms with van der Waals surface area (Å²) in [5.74, 6) is 0.414. The predicted octanol–water partition coefficient (Wildman–Crippen LogP) is 0.513. The van der Waals surface area contributed by atoms with Crippen molar-refractivity contribution < 1.29 is 19.2 Å². The lowest BCUT2D eigenvalue weighted by molar-refractivity contribution is -0.0667. The van der Waals surface area contributed by atoms with Crippen LogP contribution in [0, 0.1) is 13.8 Å². The SMILES string of the molecule is Cc1noc(C)c1C(=O)N1CC(CO)OCC1C. The van der Waals surface area contributed by atoms with Crippen LogP contribution in [0.2, 0.25) is 0 Å². The molecule has 0 bridgehead atoms. The summed E-state index contributed by atoms with van der Waals surface area (Å²) < 4.78 is 10.4. The maximum Gasteiger partial charge on any atom is 0.259 e. The van der Waals surface area contributed by atoms with E-state index in [1.807, 2.05) is 6.92 Å². The summed E-state index contributed by atoms with van der Waals surface area (Å²) in [6.45, 7) is 6.13. The van der Waals surface area contributed by atoms with Gasteiger partial charge in [0.15, 0.2) is 0 Å². The van der Waals surface area contributed by atoms with E-state index in [1.54, 1.807) is 18.7 Å². The smallest absolute Gasteiger partial charge is 0.259 e. The van der Waals surface area contributed by atoms with Crippen LogP contribution in [0.4, 0.5) is 0 Å². The van der Waals surface area contributed by atoms with Crippen LogP contribution in [0.15, 0.2) is 4.52 Å². The zero-order valence-electron chi connectivity index (χ0n) is 10.8. The van der Waals surface area contributed by atoms with Crippen molar-refractivity contribution in [3.8, 4) is 0 Å². The fourth-order valence-electron chi connectivity index (χ4n) is 2.14. The number of aliphatic hydroxyl groups is 1. The number of morpholine rings is 1. The molecule has 1 N–H and O–H groups in total. The molecule has 0 spiro atoms. The molecule has 0 radical (unpaired) electrons. The minimum atomic E-state index is -0.314. The number of aryl methyl sites for hydroxylation is 2. The van der Waals surface area contributed by atoms with Gasteiger partial charge in [-0.1, -0.05) is 5.16 Å². The van der Waals surface area contributed by atoms with Gasteiger partial charge in [0.05, 0.1) is 31.1 Å². The summed E-state index contributed by atoms with van der Waals surface area (Å²) >= 11 is 0. The zero-order valence-corrected chi connectivity index (χ0v) is 10.8. The average molecular weight is 254 g/mol. The van der Waals surface area contributed by atoms with Crippen molar-refractivity contribution in [2.45, 2.75) is 32.9 Å². The minimum absolute atomic E-state index is 0.0194. The third-order valence-electron chi connectivity index (χ3n) is 3.22. The summed E-state index contributed by atoms with van der Waals surface area (Å²) in [5.41, 5.74) is 1.11. The molecule has 100 valence electrons. The van der Waals surface area contributed by atoms with Gasteiger partial charge in [-0.05, 0) is 20.8 Å². The molecule has 2 unspecified atom stereocenters. The summed E-state index contributed by atoms with van der Waals surface area (Å²) in [4.78, 5) is 14.2. The Bertz CT molecular complexity index is 424. The molecule has 1 amide bonds. The van der Waals surface area contributed by atoms with Crippen LogP contribution in [-0.2, 0) is 4.74 Å². The third kappa shape index (κ3) is 2.26. The molecule has 2 rings (SSSR count). The van der Waals surface area contributed by atoms with Gasteiger partial charge in [0.2, 0.25) is 0 Å². The molecule has 2 atom stereocenters. The average Bonchev–Trinajstić information content (AvgIpc) is 2.69. The summed E-state index contributed by atoms with van der Waals surface area (Å²) in [6.07, 6.45) is -0.314. The van der Waals surface area contributed by atoms with Crippen LogP contribution in [0.25, 0.3) is 0 Å². The second-order valence-electron chi connectivity index (χ2n) is 4.64. The minimum Gasteiger partial charge on any atom is -0.394 e. The highest BCUT2D eigenvalue weighted by atomic mass is 16.5. The van der Waals surface area contributed by atoms with Crippen LogP contribution < -0.4 is 0 Å². The Morgan fingerprint density at radius 3 is 2.83 bits per heavy atom. The fraction of sp³-hybridized carbons (Fsp3) is 0.667.